The van der Waals surface area contributed by atoms with Gasteiger partial charge in [0.1, 0.15) is 5.84 Å². The molecule has 0 spiro atoms. The van der Waals surface area contributed by atoms with Gasteiger partial charge in [-0.15, -0.1) is 0 Å². The molecule has 4 aromatic rings. The molecule has 8 heteroatoms. The molecule has 1 aliphatic heterocycles. The minimum atomic E-state index is -1.03. The number of amidine groups is 1. The number of carboxylic acid groups (broad SMARTS) is 1. The van der Waals surface area contributed by atoms with Crippen LogP contribution < -0.4 is 16.4 Å². The summed E-state index contributed by atoms with van der Waals surface area (Å²) in [5.74, 6) is -1.20. The van der Waals surface area contributed by atoms with E-state index in [1.165, 1.54) is 0 Å². The van der Waals surface area contributed by atoms with Gasteiger partial charge < -0.3 is 21.5 Å². The largest absolute Gasteiger partial charge is 0.478 e. The van der Waals surface area contributed by atoms with Crippen LogP contribution in [0.2, 0.25) is 0 Å². The zero-order chi connectivity index (χ0) is 26.6. The van der Waals surface area contributed by atoms with Crippen molar-refractivity contribution < 1.29 is 14.7 Å². The number of nitrogens with one attached hydrogen (secondary N) is 3. The molecule has 1 unspecified atom stereocenters. The van der Waals surface area contributed by atoms with Crippen LogP contribution in [0.25, 0.3) is 11.1 Å². The summed E-state index contributed by atoms with van der Waals surface area (Å²) in [6.07, 6.45) is 2.28. The maximum Gasteiger partial charge on any atom is 0.336 e. The number of aromatic nitrogens is 1. The lowest BCUT2D eigenvalue weighted by molar-refractivity contribution is 0.0697. The summed E-state index contributed by atoms with van der Waals surface area (Å²) in [4.78, 5) is 29.4. The van der Waals surface area contributed by atoms with Crippen molar-refractivity contribution in [3.63, 3.8) is 0 Å². The van der Waals surface area contributed by atoms with Crippen molar-refractivity contribution in [3.05, 3.63) is 119 Å². The number of benzene rings is 3. The molecule has 0 bridgehead atoms. The van der Waals surface area contributed by atoms with E-state index in [0.29, 0.717) is 35.2 Å². The molecule has 6 N–H and O–H groups in total. The minimum Gasteiger partial charge on any atom is -0.478 e. The SMILES string of the molecule is N=C(N)c1ccc2c(c1)C(Cc1ccc(C(=O)NCc3ccccn3)cc1-c1ccccc1C(=O)O)CN2. The molecule has 1 aromatic heterocycles. The van der Waals surface area contributed by atoms with Crippen LogP contribution in [0.1, 0.15) is 49.0 Å². The fraction of sp³-hybridized carbons (Fsp3) is 0.133. The van der Waals surface area contributed by atoms with Crippen LogP contribution in [-0.2, 0) is 13.0 Å². The van der Waals surface area contributed by atoms with E-state index < -0.39 is 5.97 Å². The first kappa shape index (κ1) is 24.7. The molecule has 0 saturated carbocycles. The standard InChI is InChI=1S/C30H27N5O3/c31-28(32)19-10-11-27-26(14-19)21(16-34-27)13-18-8-9-20(29(36)35-17-22-5-3-4-12-33-22)15-25(18)23-6-1-2-7-24(23)30(37)38/h1-12,14-15,21,34H,13,16-17H2,(H3,31,32)(H,35,36)(H,37,38). The molecule has 190 valence electrons. The Labute approximate surface area is 220 Å². The normalized spacial score (nSPS) is 13.8. The summed E-state index contributed by atoms with van der Waals surface area (Å²) in [6.45, 7) is 0.981. The van der Waals surface area contributed by atoms with Crippen LogP contribution in [0.15, 0.2) is 85.1 Å². The molecule has 8 nitrogen and oxygen atoms in total. The lowest BCUT2D eigenvalue weighted by atomic mass is 9.86. The third-order valence-electron chi connectivity index (χ3n) is 6.78. The van der Waals surface area contributed by atoms with E-state index >= 15 is 0 Å². The van der Waals surface area contributed by atoms with Gasteiger partial charge in [-0.1, -0.05) is 30.3 Å². The van der Waals surface area contributed by atoms with E-state index in [0.717, 1.165) is 22.5 Å². The Bertz CT molecular complexity index is 1530. The van der Waals surface area contributed by atoms with E-state index in [4.69, 9.17) is 11.1 Å². The highest BCUT2D eigenvalue weighted by molar-refractivity contribution is 5.99. The van der Waals surface area contributed by atoms with Gasteiger partial charge in [0, 0.05) is 35.5 Å². The third kappa shape index (κ3) is 5.10. The number of rotatable bonds is 8. The second kappa shape index (κ2) is 10.6. The van der Waals surface area contributed by atoms with Crippen LogP contribution in [0.3, 0.4) is 0 Å². The van der Waals surface area contributed by atoms with Crippen molar-refractivity contribution in [2.75, 3.05) is 11.9 Å². The highest BCUT2D eigenvalue weighted by Gasteiger charge is 2.25. The molecule has 2 heterocycles. The Hall–Kier alpha value is -4.98. The molecular formula is C30H27N5O3. The molecule has 38 heavy (non-hydrogen) atoms. The Kier molecular flexibility index (Phi) is 6.86. The van der Waals surface area contributed by atoms with Crippen molar-refractivity contribution in [2.24, 2.45) is 5.73 Å². The number of nitrogen functional groups attached to an aromatic ring is 1. The molecule has 3 aromatic carbocycles. The van der Waals surface area contributed by atoms with Crippen LogP contribution in [0.5, 0.6) is 0 Å². The molecule has 0 radical (unpaired) electrons. The van der Waals surface area contributed by atoms with Gasteiger partial charge in [-0.25, -0.2) is 4.79 Å². The topological polar surface area (TPSA) is 141 Å². The summed E-state index contributed by atoms with van der Waals surface area (Å²) < 4.78 is 0. The van der Waals surface area contributed by atoms with Crippen molar-refractivity contribution >= 4 is 23.4 Å². The number of aromatic carboxylic acids is 1. The van der Waals surface area contributed by atoms with E-state index in [2.05, 4.69) is 15.6 Å². The van der Waals surface area contributed by atoms with Crippen LogP contribution in [0.4, 0.5) is 5.69 Å². The summed E-state index contributed by atoms with van der Waals surface area (Å²) >= 11 is 0. The van der Waals surface area contributed by atoms with Gasteiger partial charge in [0.2, 0.25) is 0 Å². The molecule has 1 amide bonds. The van der Waals surface area contributed by atoms with E-state index in [1.54, 1.807) is 42.6 Å². The number of nitrogens with two attached hydrogens (primary N) is 1. The number of hydrogen-bond donors (Lipinski definition) is 5. The number of amides is 1. The fourth-order valence-corrected chi connectivity index (χ4v) is 4.85. The highest BCUT2D eigenvalue weighted by atomic mass is 16.4. The maximum atomic E-state index is 13.0. The molecular weight excluding hydrogens is 478 g/mol. The third-order valence-corrected chi connectivity index (χ3v) is 6.78. The Morgan fingerprint density at radius 1 is 1.00 bits per heavy atom. The molecule has 0 fully saturated rings. The number of carbonyl (C=O) groups is 2. The molecule has 1 aliphatic rings. The monoisotopic (exact) mass is 505 g/mol. The maximum absolute atomic E-state index is 13.0. The van der Waals surface area contributed by atoms with E-state index in [-0.39, 0.29) is 29.8 Å². The number of fused-ring (bicyclic) bond motifs is 1. The van der Waals surface area contributed by atoms with Gasteiger partial charge in [-0.2, -0.15) is 0 Å². The van der Waals surface area contributed by atoms with Gasteiger partial charge in [-0.05, 0) is 77.2 Å². The minimum absolute atomic E-state index is 0.00981. The van der Waals surface area contributed by atoms with Crippen LogP contribution in [-0.4, -0.2) is 34.3 Å². The van der Waals surface area contributed by atoms with Gasteiger partial charge in [0.15, 0.2) is 0 Å². The number of carbonyl (C=O) groups excluding carboxylic acids is 1. The lowest BCUT2D eigenvalue weighted by Gasteiger charge is -2.18. The predicted octanol–water partition coefficient (Wildman–Crippen LogP) is 4.41. The Morgan fingerprint density at radius 2 is 1.79 bits per heavy atom. The predicted molar refractivity (Wildman–Crippen MR) is 147 cm³/mol. The molecule has 5 rings (SSSR count). The van der Waals surface area contributed by atoms with Crippen molar-refractivity contribution in [1.29, 1.82) is 5.41 Å². The second-order valence-electron chi connectivity index (χ2n) is 9.22. The van der Waals surface area contributed by atoms with E-state index in [9.17, 15) is 14.7 Å². The number of carboxylic acids is 1. The van der Waals surface area contributed by atoms with Gasteiger partial charge in [-0.3, -0.25) is 15.2 Å². The zero-order valence-corrected chi connectivity index (χ0v) is 20.6. The lowest BCUT2D eigenvalue weighted by Crippen LogP contribution is -2.23. The first-order valence-corrected chi connectivity index (χ1v) is 12.3. The fourth-order valence-electron chi connectivity index (χ4n) is 4.85. The first-order valence-electron chi connectivity index (χ1n) is 12.3. The number of nitrogens with zero attached hydrogens (tertiary/aromatic N) is 1. The van der Waals surface area contributed by atoms with Gasteiger partial charge >= 0.3 is 5.97 Å². The first-order chi connectivity index (χ1) is 18.4. The second-order valence-corrected chi connectivity index (χ2v) is 9.22. The molecule has 1 atom stereocenters. The van der Waals surface area contributed by atoms with Gasteiger partial charge in [0.05, 0.1) is 17.8 Å². The molecule has 0 saturated heterocycles. The number of hydrogen-bond acceptors (Lipinski definition) is 5. The van der Waals surface area contributed by atoms with Crippen LogP contribution in [0, 0.1) is 5.41 Å². The smallest absolute Gasteiger partial charge is 0.336 e. The number of pyridine rings is 1. The van der Waals surface area contributed by atoms with Gasteiger partial charge in [0.25, 0.3) is 5.91 Å². The quantitative estimate of drug-likeness (QED) is 0.177. The average molecular weight is 506 g/mol. The number of anilines is 1. The Morgan fingerprint density at radius 3 is 2.55 bits per heavy atom. The summed E-state index contributed by atoms with van der Waals surface area (Å²) in [5.41, 5.74) is 12.0. The summed E-state index contributed by atoms with van der Waals surface area (Å²) in [5, 5.41) is 24.0. The highest BCUT2D eigenvalue weighted by Crippen LogP contribution is 2.37. The Balaban J connectivity index is 1.51. The van der Waals surface area contributed by atoms with Crippen molar-refractivity contribution in [3.8, 4) is 11.1 Å². The van der Waals surface area contributed by atoms with E-state index in [1.807, 2.05) is 42.5 Å². The summed E-state index contributed by atoms with van der Waals surface area (Å²) in [7, 11) is 0. The molecule has 0 aliphatic carbocycles. The average Bonchev–Trinajstić information content (AvgIpc) is 3.34. The van der Waals surface area contributed by atoms with Crippen molar-refractivity contribution in [1.82, 2.24) is 10.3 Å². The van der Waals surface area contributed by atoms with Crippen molar-refractivity contribution in [2.45, 2.75) is 18.9 Å². The summed E-state index contributed by atoms with van der Waals surface area (Å²) in [6, 6.07) is 23.5. The zero-order valence-electron chi connectivity index (χ0n) is 20.6. The van der Waals surface area contributed by atoms with Crippen LogP contribution >= 0.6 is 0 Å².